The van der Waals surface area contributed by atoms with E-state index < -0.39 is 5.54 Å². The van der Waals surface area contributed by atoms with Crippen molar-refractivity contribution in [1.82, 2.24) is 10.2 Å². The standard InChI is InChI=1S/C15H31N3O2/c1-12(2)17-15(3,14(16)19)7-8-18(4)9-10-20-11-13-5-6-13/h12-13,17H,5-11H2,1-4H3,(H2,16,19). The summed E-state index contributed by atoms with van der Waals surface area (Å²) in [6.45, 7) is 9.31. The summed E-state index contributed by atoms with van der Waals surface area (Å²) in [5, 5.41) is 3.27. The molecule has 0 aliphatic heterocycles. The molecular weight excluding hydrogens is 254 g/mol. The van der Waals surface area contributed by atoms with Crippen molar-refractivity contribution >= 4 is 5.91 Å². The fourth-order valence-corrected chi connectivity index (χ4v) is 2.18. The van der Waals surface area contributed by atoms with E-state index in [0.717, 1.165) is 32.2 Å². The summed E-state index contributed by atoms with van der Waals surface area (Å²) in [5.41, 5.74) is 4.88. The Balaban J connectivity index is 2.21. The van der Waals surface area contributed by atoms with Crippen LogP contribution in [0.1, 0.15) is 40.0 Å². The second-order valence-corrected chi connectivity index (χ2v) is 6.57. The van der Waals surface area contributed by atoms with Gasteiger partial charge < -0.3 is 20.7 Å². The van der Waals surface area contributed by atoms with E-state index in [1.165, 1.54) is 12.8 Å². The van der Waals surface area contributed by atoms with Crippen LogP contribution in [0.15, 0.2) is 0 Å². The first kappa shape index (κ1) is 17.4. The Labute approximate surface area is 123 Å². The number of primary amides is 1. The number of nitrogens with two attached hydrogens (primary N) is 1. The van der Waals surface area contributed by atoms with E-state index in [4.69, 9.17) is 10.5 Å². The first-order valence-electron chi connectivity index (χ1n) is 7.67. The maximum absolute atomic E-state index is 11.6. The van der Waals surface area contributed by atoms with Crippen molar-refractivity contribution in [3.05, 3.63) is 0 Å². The van der Waals surface area contributed by atoms with Crippen molar-refractivity contribution in [3.8, 4) is 0 Å². The predicted molar refractivity (Wildman–Crippen MR) is 81.5 cm³/mol. The van der Waals surface area contributed by atoms with Gasteiger partial charge in [-0.05, 0) is 53.0 Å². The summed E-state index contributed by atoms with van der Waals surface area (Å²) in [5.74, 6) is 0.526. The van der Waals surface area contributed by atoms with E-state index in [2.05, 4.69) is 17.3 Å². The summed E-state index contributed by atoms with van der Waals surface area (Å²) in [6, 6.07) is 0.236. The Morgan fingerprint density at radius 2 is 2.10 bits per heavy atom. The zero-order chi connectivity index (χ0) is 15.2. The minimum Gasteiger partial charge on any atom is -0.380 e. The molecule has 20 heavy (non-hydrogen) atoms. The summed E-state index contributed by atoms with van der Waals surface area (Å²) < 4.78 is 5.62. The van der Waals surface area contributed by atoms with Crippen molar-refractivity contribution in [2.24, 2.45) is 11.7 Å². The zero-order valence-corrected chi connectivity index (χ0v) is 13.4. The first-order chi connectivity index (χ1) is 9.33. The van der Waals surface area contributed by atoms with Crippen molar-refractivity contribution in [3.63, 3.8) is 0 Å². The second kappa shape index (κ2) is 7.96. The van der Waals surface area contributed by atoms with Crippen LogP contribution in [0.2, 0.25) is 0 Å². The van der Waals surface area contributed by atoms with E-state index in [1.54, 1.807) is 0 Å². The topological polar surface area (TPSA) is 67.6 Å². The molecular formula is C15H31N3O2. The van der Waals surface area contributed by atoms with Crippen LogP contribution < -0.4 is 11.1 Å². The van der Waals surface area contributed by atoms with Gasteiger partial charge in [0.2, 0.25) is 5.91 Å². The number of ether oxygens (including phenoxy) is 1. The average molecular weight is 285 g/mol. The average Bonchev–Trinajstić information content (AvgIpc) is 3.15. The Morgan fingerprint density at radius 1 is 1.45 bits per heavy atom. The molecule has 0 aromatic heterocycles. The number of hydrogen-bond donors (Lipinski definition) is 2. The molecule has 5 nitrogen and oxygen atoms in total. The number of carbonyl (C=O) groups is 1. The molecule has 0 spiro atoms. The molecule has 0 radical (unpaired) electrons. The minimum atomic E-state index is -0.642. The van der Waals surface area contributed by atoms with Crippen molar-refractivity contribution in [2.75, 3.05) is 33.4 Å². The van der Waals surface area contributed by atoms with Gasteiger partial charge in [-0.1, -0.05) is 0 Å². The van der Waals surface area contributed by atoms with Gasteiger partial charge in [0.25, 0.3) is 0 Å². The van der Waals surface area contributed by atoms with E-state index >= 15 is 0 Å². The van der Waals surface area contributed by atoms with Crippen LogP contribution >= 0.6 is 0 Å². The Morgan fingerprint density at radius 3 is 2.60 bits per heavy atom. The molecule has 1 rings (SSSR count). The van der Waals surface area contributed by atoms with Crippen LogP contribution in [-0.4, -0.2) is 55.7 Å². The Kier molecular flexibility index (Phi) is 6.92. The Bertz CT molecular complexity index is 305. The van der Waals surface area contributed by atoms with Crippen molar-refractivity contribution in [1.29, 1.82) is 0 Å². The molecule has 118 valence electrons. The quantitative estimate of drug-likeness (QED) is 0.555. The van der Waals surface area contributed by atoms with Crippen LogP contribution in [0.5, 0.6) is 0 Å². The van der Waals surface area contributed by atoms with Gasteiger partial charge in [-0.15, -0.1) is 0 Å². The highest BCUT2D eigenvalue weighted by atomic mass is 16.5. The first-order valence-corrected chi connectivity index (χ1v) is 7.67. The number of likely N-dealkylation sites (N-methyl/N-ethyl adjacent to an activating group) is 1. The fraction of sp³-hybridized carbons (Fsp3) is 0.933. The molecule has 1 atom stereocenters. The summed E-state index contributed by atoms with van der Waals surface area (Å²) >= 11 is 0. The number of nitrogens with zero attached hydrogens (tertiary/aromatic N) is 1. The number of amides is 1. The van der Waals surface area contributed by atoms with E-state index in [-0.39, 0.29) is 11.9 Å². The SMILES string of the molecule is CC(C)NC(C)(CCN(C)CCOCC1CC1)C(N)=O. The van der Waals surface area contributed by atoms with Gasteiger partial charge >= 0.3 is 0 Å². The van der Waals surface area contributed by atoms with Gasteiger partial charge in [0.05, 0.1) is 12.1 Å². The molecule has 1 aliphatic rings. The van der Waals surface area contributed by atoms with Crippen molar-refractivity contribution < 1.29 is 9.53 Å². The molecule has 3 N–H and O–H groups in total. The molecule has 1 saturated carbocycles. The van der Waals surface area contributed by atoms with Crippen LogP contribution in [0.25, 0.3) is 0 Å². The third-order valence-electron chi connectivity index (χ3n) is 3.81. The monoisotopic (exact) mass is 285 g/mol. The maximum atomic E-state index is 11.6. The normalized spacial score (nSPS) is 18.5. The number of hydrogen-bond acceptors (Lipinski definition) is 4. The van der Waals surface area contributed by atoms with Gasteiger partial charge in [0, 0.05) is 25.7 Å². The maximum Gasteiger partial charge on any atom is 0.237 e. The largest absolute Gasteiger partial charge is 0.380 e. The number of rotatable bonds is 11. The van der Waals surface area contributed by atoms with Gasteiger partial charge in [0.15, 0.2) is 0 Å². The van der Waals surface area contributed by atoms with Crippen LogP contribution in [0.3, 0.4) is 0 Å². The van der Waals surface area contributed by atoms with Crippen molar-refractivity contribution in [2.45, 2.75) is 51.6 Å². The van der Waals surface area contributed by atoms with Gasteiger partial charge in [-0.3, -0.25) is 4.79 Å². The van der Waals surface area contributed by atoms with E-state index in [9.17, 15) is 4.79 Å². The predicted octanol–water partition coefficient (Wildman–Crippen LogP) is 0.977. The lowest BCUT2D eigenvalue weighted by molar-refractivity contribution is -0.124. The molecule has 0 aromatic carbocycles. The Hall–Kier alpha value is -0.650. The minimum absolute atomic E-state index is 0.236. The van der Waals surface area contributed by atoms with Crippen LogP contribution in [0.4, 0.5) is 0 Å². The molecule has 0 aromatic rings. The van der Waals surface area contributed by atoms with Crippen LogP contribution in [-0.2, 0) is 9.53 Å². The van der Waals surface area contributed by atoms with Crippen LogP contribution in [0, 0.1) is 5.92 Å². The lowest BCUT2D eigenvalue weighted by Gasteiger charge is -2.31. The lowest BCUT2D eigenvalue weighted by atomic mass is 9.95. The molecule has 1 amide bonds. The van der Waals surface area contributed by atoms with Gasteiger partial charge in [-0.2, -0.15) is 0 Å². The second-order valence-electron chi connectivity index (χ2n) is 6.57. The molecule has 1 unspecified atom stereocenters. The molecule has 1 aliphatic carbocycles. The molecule has 0 heterocycles. The highest BCUT2D eigenvalue weighted by molar-refractivity contribution is 5.84. The molecule has 5 heteroatoms. The molecule has 0 bridgehead atoms. The van der Waals surface area contributed by atoms with E-state index in [0.29, 0.717) is 6.42 Å². The smallest absolute Gasteiger partial charge is 0.237 e. The highest BCUT2D eigenvalue weighted by Crippen LogP contribution is 2.28. The summed E-state index contributed by atoms with van der Waals surface area (Å²) in [6.07, 6.45) is 3.36. The van der Waals surface area contributed by atoms with Gasteiger partial charge in [0.1, 0.15) is 0 Å². The fourth-order valence-electron chi connectivity index (χ4n) is 2.18. The van der Waals surface area contributed by atoms with Gasteiger partial charge in [-0.25, -0.2) is 0 Å². The molecule has 0 saturated heterocycles. The summed E-state index contributed by atoms with van der Waals surface area (Å²) in [7, 11) is 2.05. The third kappa shape index (κ3) is 6.68. The van der Waals surface area contributed by atoms with E-state index in [1.807, 2.05) is 20.8 Å². The molecule has 1 fully saturated rings. The lowest BCUT2D eigenvalue weighted by Crippen LogP contribution is -2.56. The number of nitrogens with one attached hydrogen (secondary N) is 1. The zero-order valence-electron chi connectivity index (χ0n) is 13.4. The number of carbonyl (C=O) groups excluding carboxylic acids is 1. The third-order valence-corrected chi connectivity index (χ3v) is 3.81. The highest BCUT2D eigenvalue weighted by Gasteiger charge is 2.31. The summed E-state index contributed by atoms with van der Waals surface area (Å²) in [4.78, 5) is 13.8.